The fourth-order valence-corrected chi connectivity index (χ4v) is 1.29. The first kappa shape index (κ1) is 12.7. The number of nitrogens with one attached hydrogen (secondary N) is 1. The third-order valence-corrected chi connectivity index (χ3v) is 2.86. The van der Waals surface area contributed by atoms with Gasteiger partial charge in [-0.3, -0.25) is 4.79 Å². The van der Waals surface area contributed by atoms with Crippen LogP contribution in [0.3, 0.4) is 0 Å². The molecule has 1 heterocycles. The Bertz CT molecular complexity index is 363. The van der Waals surface area contributed by atoms with Gasteiger partial charge >= 0.3 is 0 Å². The SMILES string of the molecule is CCC(C)(N)C(=O)NCc1c(C)noc1C. The molecule has 0 bridgehead atoms. The Morgan fingerprint density at radius 2 is 2.19 bits per heavy atom. The molecule has 0 saturated carbocycles. The molecule has 1 unspecified atom stereocenters. The monoisotopic (exact) mass is 225 g/mol. The van der Waals surface area contributed by atoms with Crippen LogP contribution in [0.25, 0.3) is 0 Å². The fraction of sp³-hybridized carbons (Fsp3) is 0.636. The van der Waals surface area contributed by atoms with E-state index in [0.717, 1.165) is 17.0 Å². The number of hydrogen-bond acceptors (Lipinski definition) is 4. The van der Waals surface area contributed by atoms with Gasteiger partial charge < -0.3 is 15.6 Å². The molecule has 1 rings (SSSR count). The second-order valence-electron chi connectivity index (χ2n) is 4.26. The van der Waals surface area contributed by atoms with E-state index in [1.54, 1.807) is 6.92 Å². The van der Waals surface area contributed by atoms with Crippen molar-refractivity contribution in [1.82, 2.24) is 10.5 Å². The number of carbonyl (C=O) groups excluding carboxylic acids is 1. The summed E-state index contributed by atoms with van der Waals surface area (Å²) in [7, 11) is 0. The molecular formula is C11H19N3O2. The van der Waals surface area contributed by atoms with Crippen LogP contribution in [-0.2, 0) is 11.3 Å². The van der Waals surface area contributed by atoms with Crippen LogP contribution in [0, 0.1) is 13.8 Å². The maximum atomic E-state index is 11.7. The predicted octanol–water partition coefficient (Wildman–Crippen LogP) is 1.04. The molecule has 16 heavy (non-hydrogen) atoms. The van der Waals surface area contributed by atoms with Crippen molar-refractivity contribution >= 4 is 5.91 Å². The van der Waals surface area contributed by atoms with Crippen LogP contribution < -0.4 is 11.1 Å². The van der Waals surface area contributed by atoms with E-state index in [-0.39, 0.29) is 5.91 Å². The molecule has 5 nitrogen and oxygen atoms in total. The van der Waals surface area contributed by atoms with Crippen molar-refractivity contribution in [3.05, 3.63) is 17.0 Å². The van der Waals surface area contributed by atoms with Gasteiger partial charge in [-0.15, -0.1) is 0 Å². The minimum atomic E-state index is -0.820. The Morgan fingerprint density at radius 1 is 1.56 bits per heavy atom. The lowest BCUT2D eigenvalue weighted by Crippen LogP contribution is -2.50. The molecule has 0 fully saturated rings. The number of hydrogen-bond donors (Lipinski definition) is 2. The summed E-state index contributed by atoms with van der Waals surface area (Å²) in [6.45, 7) is 7.68. The first-order chi connectivity index (χ1) is 7.38. The van der Waals surface area contributed by atoms with Crippen molar-refractivity contribution in [3.63, 3.8) is 0 Å². The van der Waals surface area contributed by atoms with E-state index in [2.05, 4.69) is 10.5 Å². The highest BCUT2D eigenvalue weighted by molar-refractivity contribution is 5.85. The Morgan fingerprint density at radius 3 is 2.62 bits per heavy atom. The van der Waals surface area contributed by atoms with E-state index >= 15 is 0 Å². The number of nitrogens with two attached hydrogens (primary N) is 1. The summed E-state index contributed by atoms with van der Waals surface area (Å²) in [4.78, 5) is 11.7. The molecule has 0 aliphatic carbocycles. The van der Waals surface area contributed by atoms with Gasteiger partial charge in [0.05, 0.1) is 11.2 Å². The molecule has 0 aromatic carbocycles. The van der Waals surface area contributed by atoms with Gasteiger partial charge in [-0.05, 0) is 27.2 Å². The summed E-state index contributed by atoms with van der Waals surface area (Å²) in [5, 5.41) is 6.61. The van der Waals surface area contributed by atoms with Crippen molar-refractivity contribution in [1.29, 1.82) is 0 Å². The molecule has 1 atom stereocenters. The van der Waals surface area contributed by atoms with E-state index in [0.29, 0.717) is 13.0 Å². The standard InChI is InChI=1S/C11H19N3O2/c1-5-11(4,12)10(15)13-6-9-7(2)14-16-8(9)3/h5-6,12H2,1-4H3,(H,13,15). The number of rotatable bonds is 4. The minimum absolute atomic E-state index is 0.157. The second kappa shape index (κ2) is 4.65. The lowest BCUT2D eigenvalue weighted by atomic mass is 9.99. The molecule has 5 heteroatoms. The quantitative estimate of drug-likeness (QED) is 0.802. The van der Waals surface area contributed by atoms with Crippen LogP contribution in [0.1, 0.15) is 37.3 Å². The predicted molar refractivity (Wildman–Crippen MR) is 60.7 cm³/mol. The highest BCUT2D eigenvalue weighted by Crippen LogP contribution is 2.12. The zero-order valence-corrected chi connectivity index (χ0v) is 10.3. The van der Waals surface area contributed by atoms with Crippen LogP contribution in [0.5, 0.6) is 0 Å². The zero-order chi connectivity index (χ0) is 12.3. The van der Waals surface area contributed by atoms with Crippen molar-refractivity contribution < 1.29 is 9.32 Å². The summed E-state index contributed by atoms with van der Waals surface area (Å²) in [6.07, 6.45) is 0.598. The first-order valence-corrected chi connectivity index (χ1v) is 5.37. The van der Waals surface area contributed by atoms with Crippen LogP contribution >= 0.6 is 0 Å². The fourth-order valence-electron chi connectivity index (χ4n) is 1.29. The summed E-state index contributed by atoms with van der Waals surface area (Å²) >= 11 is 0. The van der Waals surface area contributed by atoms with Gasteiger partial charge in [-0.2, -0.15) is 0 Å². The molecule has 1 aromatic heterocycles. The molecule has 1 amide bonds. The van der Waals surface area contributed by atoms with Gasteiger partial charge in [-0.25, -0.2) is 0 Å². The average molecular weight is 225 g/mol. The highest BCUT2D eigenvalue weighted by Gasteiger charge is 2.25. The second-order valence-corrected chi connectivity index (χ2v) is 4.26. The normalized spacial score (nSPS) is 14.6. The smallest absolute Gasteiger partial charge is 0.240 e. The van der Waals surface area contributed by atoms with E-state index in [4.69, 9.17) is 10.3 Å². The topological polar surface area (TPSA) is 81.2 Å². The van der Waals surface area contributed by atoms with Crippen molar-refractivity contribution in [2.24, 2.45) is 5.73 Å². The molecular weight excluding hydrogens is 206 g/mol. The lowest BCUT2D eigenvalue weighted by Gasteiger charge is -2.21. The molecule has 0 aliphatic heterocycles. The number of nitrogens with zero attached hydrogens (tertiary/aromatic N) is 1. The van der Waals surface area contributed by atoms with Crippen LogP contribution in [0.15, 0.2) is 4.52 Å². The van der Waals surface area contributed by atoms with Gasteiger partial charge in [0.25, 0.3) is 0 Å². The van der Waals surface area contributed by atoms with E-state index in [9.17, 15) is 4.79 Å². The summed E-state index contributed by atoms with van der Waals surface area (Å²) in [5.41, 5.74) is 6.72. The largest absolute Gasteiger partial charge is 0.361 e. The van der Waals surface area contributed by atoms with E-state index < -0.39 is 5.54 Å². The Kier molecular flexibility index (Phi) is 3.70. The maximum absolute atomic E-state index is 11.7. The van der Waals surface area contributed by atoms with Gasteiger partial charge in [0.2, 0.25) is 5.91 Å². The number of carbonyl (C=O) groups is 1. The van der Waals surface area contributed by atoms with Gasteiger partial charge in [-0.1, -0.05) is 12.1 Å². The number of aromatic nitrogens is 1. The number of amides is 1. The zero-order valence-electron chi connectivity index (χ0n) is 10.3. The van der Waals surface area contributed by atoms with Gasteiger partial charge in [0.1, 0.15) is 5.76 Å². The van der Waals surface area contributed by atoms with Gasteiger partial charge in [0, 0.05) is 12.1 Å². The van der Waals surface area contributed by atoms with Crippen LogP contribution in [-0.4, -0.2) is 16.6 Å². The third-order valence-electron chi connectivity index (χ3n) is 2.86. The van der Waals surface area contributed by atoms with E-state index in [1.807, 2.05) is 20.8 Å². The Balaban J connectivity index is 2.62. The summed E-state index contributed by atoms with van der Waals surface area (Å²) in [5.74, 6) is 0.572. The minimum Gasteiger partial charge on any atom is -0.361 e. The Labute approximate surface area is 95.4 Å². The van der Waals surface area contributed by atoms with Crippen LogP contribution in [0.2, 0.25) is 0 Å². The summed E-state index contributed by atoms with van der Waals surface area (Å²) < 4.78 is 5.01. The first-order valence-electron chi connectivity index (χ1n) is 5.37. The molecule has 90 valence electrons. The average Bonchev–Trinajstić information content (AvgIpc) is 2.55. The van der Waals surface area contributed by atoms with Gasteiger partial charge in [0.15, 0.2) is 0 Å². The Hall–Kier alpha value is -1.36. The highest BCUT2D eigenvalue weighted by atomic mass is 16.5. The molecule has 0 spiro atoms. The molecule has 0 saturated heterocycles. The molecule has 0 aliphatic rings. The number of aryl methyl sites for hydroxylation is 2. The maximum Gasteiger partial charge on any atom is 0.240 e. The van der Waals surface area contributed by atoms with E-state index in [1.165, 1.54) is 0 Å². The summed E-state index contributed by atoms with van der Waals surface area (Å²) in [6, 6.07) is 0. The lowest BCUT2D eigenvalue weighted by molar-refractivity contribution is -0.126. The molecule has 1 aromatic rings. The third kappa shape index (κ3) is 2.61. The van der Waals surface area contributed by atoms with Crippen molar-refractivity contribution in [2.45, 2.75) is 46.2 Å². The van der Waals surface area contributed by atoms with Crippen molar-refractivity contribution in [3.8, 4) is 0 Å². The van der Waals surface area contributed by atoms with Crippen molar-refractivity contribution in [2.75, 3.05) is 0 Å². The van der Waals surface area contributed by atoms with Crippen LogP contribution in [0.4, 0.5) is 0 Å². The molecule has 0 radical (unpaired) electrons. The molecule has 3 N–H and O–H groups in total.